The van der Waals surface area contributed by atoms with E-state index in [1.807, 2.05) is 16.0 Å². The normalized spacial score (nSPS) is 18.5. The average molecular weight is 303 g/mol. The van der Waals surface area contributed by atoms with Crippen LogP contribution >= 0.6 is 11.3 Å². The van der Waals surface area contributed by atoms with Crippen molar-refractivity contribution in [3.05, 3.63) is 22.3 Å². The van der Waals surface area contributed by atoms with Crippen LogP contribution in [0.5, 0.6) is 0 Å². The fraction of sp³-hybridized carbons (Fsp3) is 0.625. The first-order valence-corrected chi connectivity index (χ1v) is 8.84. The molecule has 1 saturated carbocycles. The van der Waals surface area contributed by atoms with Gasteiger partial charge in [-0.2, -0.15) is 5.10 Å². The zero-order chi connectivity index (χ0) is 14.2. The molecule has 0 bridgehead atoms. The molecule has 0 saturated heterocycles. The molecule has 2 aliphatic rings. The predicted octanol–water partition coefficient (Wildman–Crippen LogP) is 3.15. The Bertz CT molecular complexity index is 618. The molecule has 0 aliphatic heterocycles. The minimum absolute atomic E-state index is 0.117. The summed E-state index contributed by atoms with van der Waals surface area (Å²) in [7, 11) is 0. The maximum absolute atomic E-state index is 9.27. The Morgan fingerprint density at radius 3 is 2.90 bits per heavy atom. The van der Waals surface area contributed by atoms with E-state index in [0.717, 1.165) is 11.6 Å². The monoisotopic (exact) mass is 303 g/mol. The minimum Gasteiger partial charge on any atom is -0.394 e. The second kappa shape index (κ2) is 5.54. The first kappa shape index (κ1) is 13.5. The summed E-state index contributed by atoms with van der Waals surface area (Å²) >= 11 is 1.88. The number of aliphatic hydroxyl groups is 1. The summed E-state index contributed by atoms with van der Waals surface area (Å²) in [5, 5.41) is 13.9. The third-order valence-corrected chi connectivity index (χ3v) is 5.64. The van der Waals surface area contributed by atoms with Gasteiger partial charge in [0.2, 0.25) is 0 Å². The lowest BCUT2D eigenvalue weighted by molar-refractivity contribution is 0.270. The fourth-order valence-corrected chi connectivity index (χ4v) is 4.33. The van der Waals surface area contributed by atoms with Crippen molar-refractivity contribution in [3.63, 3.8) is 0 Å². The number of hydrogen-bond acceptors (Lipinski definition) is 4. The first-order valence-electron chi connectivity index (χ1n) is 8.02. The third kappa shape index (κ3) is 2.64. The zero-order valence-electron chi connectivity index (χ0n) is 12.2. The van der Waals surface area contributed by atoms with Gasteiger partial charge in [-0.05, 0) is 50.2 Å². The predicted molar refractivity (Wildman–Crippen MR) is 83.7 cm³/mol. The highest BCUT2D eigenvalue weighted by Crippen LogP contribution is 2.40. The van der Waals surface area contributed by atoms with Gasteiger partial charge in [0.25, 0.3) is 0 Å². The molecular weight excluding hydrogens is 282 g/mol. The van der Waals surface area contributed by atoms with Gasteiger partial charge in [0.1, 0.15) is 0 Å². The molecule has 0 amide bonds. The van der Waals surface area contributed by atoms with E-state index in [-0.39, 0.29) is 6.61 Å². The highest BCUT2D eigenvalue weighted by atomic mass is 32.1. The van der Waals surface area contributed by atoms with Crippen molar-refractivity contribution in [2.75, 3.05) is 6.61 Å². The van der Waals surface area contributed by atoms with Crippen molar-refractivity contribution >= 4 is 11.3 Å². The van der Waals surface area contributed by atoms with Crippen molar-refractivity contribution in [1.82, 2.24) is 14.8 Å². The van der Waals surface area contributed by atoms with Gasteiger partial charge in [0.05, 0.1) is 18.0 Å². The summed E-state index contributed by atoms with van der Waals surface area (Å²) in [6.07, 6.45) is 8.80. The van der Waals surface area contributed by atoms with E-state index in [1.165, 1.54) is 60.3 Å². The summed E-state index contributed by atoms with van der Waals surface area (Å²) in [6, 6.07) is 2.32. The number of hydrogen-bond donors (Lipinski definition) is 1. The van der Waals surface area contributed by atoms with Crippen LogP contribution < -0.4 is 0 Å². The van der Waals surface area contributed by atoms with E-state index in [2.05, 4.69) is 11.2 Å². The number of rotatable bonds is 4. The average Bonchev–Trinajstić information content (AvgIpc) is 3.19. The molecule has 0 unspecified atom stereocenters. The Labute approximate surface area is 128 Å². The van der Waals surface area contributed by atoms with Crippen molar-refractivity contribution in [1.29, 1.82) is 0 Å². The van der Waals surface area contributed by atoms with Crippen molar-refractivity contribution in [3.8, 4) is 10.7 Å². The van der Waals surface area contributed by atoms with Crippen molar-refractivity contribution < 1.29 is 5.11 Å². The van der Waals surface area contributed by atoms with E-state index in [0.29, 0.717) is 12.5 Å². The molecule has 0 spiro atoms. The lowest BCUT2D eigenvalue weighted by Gasteiger charge is -2.01. The van der Waals surface area contributed by atoms with Crippen LogP contribution in [0.3, 0.4) is 0 Å². The fourth-order valence-electron chi connectivity index (χ4n) is 3.08. The van der Waals surface area contributed by atoms with Crippen LogP contribution in [-0.4, -0.2) is 26.5 Å². The summed E-state index contributed by atoms with van der Waals surface area (Å²) in [6.45, 7) is 0.656. The summed E-state index contributed by atoms with van der Waals surface area (Å²) in [5.41, 5.74) is 1.51. The number of thiophene rings is 1. The zero-order valence-corrected chi connectivity index (χ0v) is 13.0. The van der Waals surface area contributed by atoms with Gasteiger partial charge < -0.3 is 5.11 Å². The Kier molecular flexibility index (Phi) is 3.55. The van der Waals surface area contributed by atoms with Crippen molar-refractivity contribution in [2.24, 2.45) is 0 Å². The molecule has 4 nitrogen and oxygen atoms in total. The standard InChI is InChI=1S/C16H21N3OS/c20-9-8-19-16(17-15(18-19)11-6-7-11)14-10-12-4-2-1-3-5-13(12)21-14/h10-11,20H,1-9H2. The van der Waals surface area contributed by atoms with Crippen LogP contribution in [0.25, 0.3) is 10.7 Å². The van der Waals surface area contributed by atoms with E-state index in [9.17, 15) is 5.11 Å². The van der Waals surface area contributed by atoms with E-state index in [4.69, 9.17) is 4.98 Å². The molecular formula is C16H21N3OS. The number of aliphatic hydroxyl groups excluding tert-OH is 1. The maximum atomic E-state index is 9.27. The Hall–Kier alpha value is -1.20. The number of aryl methyl sites for hydroxylation is 2. The SMILES string of the molecule is OCCn1nc(C2CC2)nc1-c1cc2c(s1)CCCCC2. The van der Waals surface area contributed by atoms with Crippen LogP contribution in [-0.2, 0) is 19.4 Å². The van der Waals surface area contributed by atoms with Gasteiger partial charge >= 0.3 is 0 Å². The van der Waals surface area contributed by atoms with Gasteiger partial charge in [-0.1, -0.05) is 6.42 Å². The second-order valence-electron chi connectivity index (χ2n) is 6.13. The van der Waals surface area contributed by atoms with Gasteiger partial charge in [-0.25, -0.2) is 9.67 Å². The van der Waals surface area contributed by atoms with Gasteiger partial charge in [0.15, 0.2) is 11.6 Å². The summed E-state index contributed by atoms with van der Waals surface area (Å²) < 4.78 is 1.90. The molecule has 1 fully saturated rings. The van der Waals surface area contributed by atoms with Crippen molar-refractivity contribution in [2.45, 2.75) is 57.4 Å². The van der Waals surface area contributed by atoms with E-state index >= 15 is 0 Å². The Morgan fingerprint density at radius 2 is 2.10 bits per heavy atom. The number of nitrogens with zero attached hydrogens (tertiary/aromatic N) is 3. The molecule has 0 radical (unpaired) electrons. The third-order valence-electron chi connectivity index (χ3n) is 4.41. The molecule has 2 aliphatic carbocycles. The molecule has 1 N–H and O–H groups in total. The Morgan fingerprint density at radius 1 is 1.24 bits per heavy atom. The smallest absolute Gasteiger partial charge is 0.168 e. The van der Waals surface area contributed by atoms with Gasteiger partial charge in [-0.3, -0.25) is 0 Å². The lowest BCUT2D eigenvalue weighted by atomic mass is 10.1. The molecule has 5 heteroatoms. The second-order valence-corrected chi connectivity index (χ2v) is 7.27. The quantitative estimate of drug-likeness (QED) is 0.883. The lowest BCUT2D eigenvalue weighted by Crippen LogP contribution is -2.05. The van der Waals surface area contributed by atoms with Gasteiger partial charge in [0, 0.05) is 10.8 Å². The highest BCUT2D eigenvalue weighted by molar-refractivity contribution is 7.15. The molecule has 112 valence electrons. The maximum Gasteiger partial charge on any atom is 0.168 e. The number of fused-ring (bicyclic) bond motifs is 1. The van der Waals surface area contributed by atoms with Gasteiger partial charge in [-0.15, -0.1) is 11.3 Å². The van der Waals surface area contributed by atoms with E-state index in [1.54, 1.807) is 0 Å². The molecule has 0 aromatic carbocycles. The van der Waals surface area contributed by atoms with Crippen LogP contribution in [0, 0.1) is 0 Å². The summed E-state index contributed by atoms with van der Waals surface area (Å²) in [4.78, 5) is 7.55. The first-order chi connectivity index (χ1) is 10.3. The molecule has 4 rings (SSSR count). The molecule has 2 heterocycles. The van der Waals surface area contributed by atoms with Crippen LogP contribution in [0.4, 0.5) is 0 Å². The number of aromatic nitrogens is 3. The minimum atomic E-state index is 0.117. The topological polar surface area (TPSA) is 50.9 Å². The highest BCUT2D eigenvalue weighted by Gasteiger charge is 2.29. The molecule has 2 aromatic rings. The van der Waals surface area contributed by atoms with Crippen LogP contribution in [0.1, 0.15) is 54.3 Å². The van der Waals surface area contributed by atoms with Crippen LogP contribution in [0.15, 0.2) is 6.07 Å². The molecule has 2 aromatic heterocycles. The van der Waals surface area contributed by atoms with Crippen LogP contribution in [0.2, 0.25) is 0 Å². The largest absolute Gasteiger partial charge is 0.394 e. The van der Waals surface area contributed by atoms with E-state index < -0.39 is 0 Å². The molecule has 21 heavy (non-hydrogen) atoms. The Balaban J connectivity index is 1.71. The molecule has 0 atom stereocenters. The summed E-state index contributed by atoms with van der Waals surface area (Å²) in [5.74, 6) is 2.49.